The van der Waals surface area contributed by atoms with Crippen LogP contribution in [0.4, 0.5) is 0 Å². The summed E-state index contributed by atoms with van der Waals surface area (Å²) in [7, 11) is 0. The van der Waals surface area contributed by atoms with Gasteiger partial charge in [0.2, 0.25) is 0 Å². The quantitative estimate of drug-likeness (QED) is 0.914. The fourth-order valence-corrected chi connectivity index (χ4v) is 5.77. The van der Waals surface area contributed by atoms with Crippen molar-refractivity contribution in [1.82, 2.24) is 9.55 Å². The summed E-state index contributed by atoms with van der Waals surface area (Å²) in [4.78, 5) is 4.61. The zero-order chi connectivity index (χ0) is 13.7. The molecule has 1 heterocycles. The van der Waals surface area contributed by atoms with Crippen molar-refractivity contribution in [3.63, 3.8) is 0 Å². The first-order valence-electron chi connectivity index (χ1n) is 8.52. The van der Waals surface area contributed by atoms with Crippen LogP contribution >= 0.6 is 0 Å². The van der Waals surface area contributed by atoms with Crippen LogP contribution < -0.4 is 5.73 Å². The maximum Gasteiger partial charge on any atom is 0.125 e. The Labute approximate surface area is 122 Å². The number of nitrogens with two attached hydrogens (primary N) is 1. The number of nitrogens with zero attached hydrogens (tertiary/aromatic N) is 2. The van der Waals surface area contributed by atoms with Gasteiger partial charge in [-0.05, 0) is 68.1 Å². The minimum atomic E-state index is 0.159. The zero-order valence-electron chi connectivity index (χ0n) is 12.5. The van der Waals surface area contributed by atoms with E-state index in [2.05, 4.69) is 22.7 Å². The lowest BCUT2D eigenvalue weighted by molar-refractivity contribution is -0.0486. The number of imidazole rings is 1. The lowest BCUT2D eigenvalue weighted by Crippen LogP contribution is -2.49. The van der Waals surface area contributed by atoms with Crippen LogP contribution in [0, 0.1) is 29.6 Å². The second-order valence-corrected chi connectivity index (χ2v) is 7.51. The summed E-state index contributed by atoms with van der Waals surface area (Å²) in [5, 5.41) is 0. The van der Waals surface area contributed by atoms with Crippen molar-refractivity contribution < 1.29 is 0 Å². The molecule has 0 spiro atoms. The third-order valence-electron chi connectivity index (χ3n) is 6.22. The van der Waals surface area contributed by atoms with Gasteiger partial charge in [-0.2, -0.15) is 0 Å². The highest BCUT2D eigenvalue weighted by molar-refractivity contribution is 5.08. The van der Waals surface area contributed by atoms with E-state index < -0.39 is 0 Å². The number of hydrogen-bond donors (Lipinski definition) is 1. The molecule has 0 radical (unpaired) electrons. The summed E-state index contributed by atoms with van der Waals surface area (Å²) < 4.78 is 2.29. The van der Waals surface area contributed by atoms with Crippen molar-refractivity contribution in [3.05, 3.63) is 18.2 Å². The lowest BCUT2D eigenvalue weighted by Gasteiger charge is -2.55. The van der Waals surface area contributed by atoms with E-state index in [9.17, 15) is 0 Å². The molecule has 0 saturated heterocycles. The Kier molecular flexibility index (Phi) is 3.13. The topological polar surface area (TPSA) is 43.8 Å². The third-order valence-corrected chi connectivity index (χ3v) is 6.22. The van der Waals surface area contributed by atoms with E-state index in [0.717, 1.165) is 42.5 Å². The molecule has 1 unspecified atom stereocenters. The van der Waals surface area contributed by atoms with Gasteiger partial charge in [-0.1, -0.05) is 6.92 Å². The van der Waals surface area contributed by atoms with Gasteiger partial charge in [0.25, 0.3) is 0 Å². The maximum atomic E-state index is 6.71. The minimum Gasteiger partial charge on any atom is -0.334 e. The van der Waals surface area contributed by atoms with Gasteiger partial charge in [0.15, 0.2) is 0 Å². The fraction of sp³-hybridized carbons (Fsp3) is 0.824. The van der Waals surface area contributed by atoms with Gasteiger partial charge in [0.1, 0.15) is 5.82 Å². The van der Waals surface area contributed by atoms with Crippen molar-refractivity contribution in [3.8, 4) is 0 Å². The molecule has 0 amide bonds. The van der Waals surface area contributed by atoms with Crippen LogP contribution in [0.3, 0.4) is 0 Å². The predicted molar refractivity (Wildman–Crippen MR) is 80.0 cm³/mol. The Hall–Kier alpha value is -0.830. The highest BCUT2D eigenvalue weighted by Crippen LogP contribution is 2.58. The molecule has 4 saturated carbocycles. The lowest BCUT2D eigenvalue weighted by atomic mass is 9.50. The Morgan fingerprint density at radius 2 is 1.85 bits per heavy atom. The van der Waals surface area contributed by atoms with E-state index in [0.29, 0.717) is 5.92 Å². The highest BCUT2D eigenvalue weighted by Gasteiger charge is 2.50. The van der Waals surface area contributed by atoms with Crippen LogP contribution in [0.1, 0.15) is 57.3 Å². The molecule has 4 aliphatic rings. The molecule has 4 bridgehead atoms. The third kappa shape index (κ3) is 1.93. The molecule has 3 nitrogen and oxygen atoms in total. The molecule has 5 rings (SSSR count). The normalized spacial score (nSPS) is 40.2. The van der Waals surface area contributed by atoms with Crippen molar-refractivity contribution in [2.45, 2.75) is 58.0 Å². The van der Waals surface area contributed by atoms with E-state index in [1.54, 1.807) is 0 Å². The SMILES string of the molecule is CCCn1ccnc1C(N)C1C2CC3CC(C2)CC1C3. The summed E-state index contributed by atoms with van der Waals surface area (Å²) >= 11 is 0. The smallest absolute Gasteiger partial charge is 0.125 e. The summed E-state index contributed by atoms with van der Waals surface area (Å²) in [6.07, 6.45) is 12.5. The van der Waals surface area contributed by atoms with Gasteiger partial charge in [-0.3, -0.25) is 0 Å². The second kappa shape index (κ2) is 4.87. The van der Waals surface area contributed by atoms with Crippen LogP contribution in [0.15, 0.2) is 12.4 Å². The van der Waals surface area contributed by atoms with E-state index >= 15 is 0 Å². The number of aryl methyl sites for hydroxylation is 1. The Balaban J connectivity index is 1.59. The first-order chi connectivity index (χ1) is 9.76. The van der Waals surface area contributed by atoms with E-state index in [4.69, 9.17) is 5.73 Å². The average Bonchev–Trinajstić information content (AvgIpc) is 2.86. The monoisotopic (exact) mass is 273 g/mol. The largest absolute Gasteiger partial charge is 0.334 e. The minimum absolute atomic E-state index is 0.159. The Morgan fingerprint density at radius 3 is 2.45 bits per heavy atom. The van der Waals surface area contributed by atoms with Gasteiger partial charge in [0.05, 0.1) is 6.04 Å². The molecule has 1 aromatic rings. The van der Waals surface area contributed by atoms with Gasteiger partial charge in [-0.15, -0.1) is 0 Å². The molecule has 3 heteroatoms. The Morgan fingerprint density at radius 1 is 1.20 bits per heavy atom. The van der Waals surface area contributed by atoms with Crippen molar-refractivity contribution >= 4 is 0 Å². The summed E-state index contributed by atoms with van der Waals surface area (Å²) in [5.41, 5.74) is 6.71. The Bertz CT molecular complexity index is 450. The van der Waals surface area contributed by atoms with Gasteiger partial charge >= 0.3 is 0 Å². The molecule has 4 aliphatic carbocycles. The van der Waals surface area contributed by atoms with Crippen LogP contribution in [-0.4, -0.2) is 9.55 Å². The number of hydrogen-bond acceptors (Lipinski definition) is 2. The van der Waals surface area contributed by atoms with Crippen LogP contribution in [0.25, 0.3) is 0 Å². The molecule has 2 N–H and O–H groups in total. The summed E-state index contributed by atoms with van der Waals surface area (Å²) in [6.45, 7) is 3.27. The molecule has 1 aromatic heterocycles. The standard InChI is InChI=1S/C17H27N3/c1-2-4-20-5-3-19-17(20)16(18)15-13-7-11-6-12(9-13)10-14(15)8-11/h3,5,11-16H,2,4,6-10,18H2,1H3. The average molecular weight is 273 g/mol. The van der Waals surface area contributed by atoms with E-state index in [-0.39, 0.29) is 6.04 Å². The first-order valence-corrected chi connectivity index (χ1v) is 8.52. The molecule has 0 aliphatic heterocycles. The number of aromatic nitrogens is 2. The molecule has 4 fully saturated rings. The predicted octanol–water partition coefficient (Wildman–Crippen LogP) is 3.37. The fourth-order valence-electron chi connectivity index (χ4n) is 5.77. The first kappa shape index (κ1) is 12.9. The maximum absolute atomic E-state index is 6.71. The molecule has 20 heavy (non-hydrogen) atoms. The highest BCUT2D eigenvalue weighted by atomic mass is 15.1. The van der Waals surface area contributed by atoms with Crippen molar-refractivity contribution in [2.24, 2.45) is 35.3 Å². The molecular formula is C17H27N3. The summed E-state index contributed by atoms with van der Waals surface area (Å²) in [5.74, 6) is 5.65. The van der Waals surface area contributed by atoms with Crippen molar-refractivity contribution in [2.75, 3.05) is 0 Å². The van der Waals surface area contributed by atoms with Gasteiger partial charge in [0, 0.05) is 18.9 Å². The van der Waals surface area contributed by atoms with Gasteiger partial charge in [-0.25, -0.2) is 4.98 Å². The van der Waals surface area contributed by atoms with E-state index in [1.165, 1.54) is 32.1 Å². The molecule has 1 atom stereocenters. The van der Waals surface area contributed by atoms with Crippen LogP contribution in [0.2, 0.25) is 0 Å². The van der Waals surface area contributed by atoms with E-state index in [1.807, 2.05) is 6.20 Å². The molecular weight excluding hydrogens is 246 g/mol. The summed E-state index contributed by atoms with van der Waals surface area (Å²) in [6, 6.07) is 0.159. The van der Waals surface area contributed by atoms with Gasteiger partial charge < -0.3 is 10.3 Å². The van der Waals surface area contributed by atoms with Crippen LogP contribution in [-0.2, 0) is 6.54 Å². The van der Waals surface area contributed by atoms with Crippen LogP contribution in [0.5, 0.6) is 0 Å². The number of rotatable bonds is 4. The molecule has 110 valence electrons. The second-order valence-electron chi connectivity index (χ2n) is 7.51. The zero-order valence-corrected chi connectivity index (χ0v) is 12.5. The van der Waals surface area contributed by atoms with Crippen molar-refractivity contribution in [1.29, 1.82) is 0 Å². The molecule has 0 aromatic carbocycles.